The number of amides is 1. The molecule has 0 N–H and O–H groups in total. The average Bonchev–Trinajstić information content (AvgIpc) is 3.26. The van der Waals surface area contributed by atoms with Gasteiger partial charge in [-0.05, 0) is 31.0 Å². The van der Waals surface area contributed by atoms with E-state index >= 15 is 0 Å². The highest BCUT2D eigenvalue weighted by Crippen LogP contribution is 2.46. The van der Waals surface area contributed by atoms with Gasteiger partial charge in [-0.3, -0.25) is 4.79 Å². The van der Waals surface area contributed by atoms with E-state index in [1.54, 1.807) is 6.07 Å². The first-order valence-corrected chi connectivity index (χ1v) is 9.24. The van der Waals surface area contributed by atoms with Gasteiger partial charge in [0.2, 0.25) is 12.4 Å². The van der Waals surface area contributed by atoms with E-state index in [1.165, 1.54) is 0 Å². The SMILES string of the molecule is C[C@@H](c1ccccc1)N1CC[C@@H]2O[C@]2(COc2ccc3c(c2)OCO3)C1=O. The summed E-state index contributed by atoms with van der Waals surface area (Å²) in [6, 6.07) is 15.5. The van der Waals surface area contributed by atoms with E-state index in [0.717, 1.165) is 12.0 Å². The number of piperidine rings is 1. The lowest BCUT2D eigenvalue weighted by Gasteiger charge is -2.34. The normalized spacial score (nSPS) is 26.5. The fourth-order valence-corrected chi connectivity index (χ4v) is 3.93. The molecule has 3 aliphatic rings. The van der Waals surface area contributed by atoms with Crippen LogP contribution in [0.4, 0.5) is 0 Å². The number of carbonyl (C=O) groups is 1. The van der Waals surface area contributed by atoms with Gasteiger partial charge in [-0.2, -0.15) is 0 Å². The van der Waals surface area contributed by atoms with Crippen molar-refractivity contribution in [1.82, 2.24) is 4.90 Å². The monoisotopic (exact) mass is 367 g/mol. The van der Waals surface area contributed by atoms with Crippen molar-refractivity contribution in [3.8, 4) is 17.2 Å². The van der Waals surface area contributed by atoms with Crippen molar-refractivity contribution in [2.75, 3.05) is 19.9 Å². The van der Waals surface area contributed by atoms with Crippen molar-refractivity contribution in [2.45, 2.75) is 31.1 Å². The molecule has 2 fully saturated rings. The summed E-state index contributed by atoms with van der Waals surface area (Å²) in [5.74, 6) is 2.02. The molecule has 0 aromatic heterocycles. The lowest BCUT2D eigenvalue weighted by Crippen LogP contribution is -2.51. The fourth-order valence-electron chi connectivity index (χ4n) is 3.93. The number of ether oxygens (including phenoxy) is 4. The number of rotatable bonds is 5. The Bertz CT molecular complexity index is 870. The van der Waals surface area contributed by atoms with Gasteiger partial charge in [0.05, 0.1) is 6.04 Å². The Morgan fingerprint density at radius 3 is 2.85 bits per heavy atom. The summed E-state index contributed by atoms with van der Waals surface area (Å²) < 4.78 is 22.4. The summed E-state index contributed by atoms with van der Waals surface area (Å²) >= 11 is 0. The number of benzene rings is 2. The lowest BCUT2D eigenvalue weighted by atomic mass is 9.94. The second kappa shape index (κ2) is 6.16. The highest BCUT2D eigenvalue weighted by molar-refractivity contribution is 5.90. The predicted molar refractivity (Wildman–Crippen MR) is 96.9 cm³/mol. The molecule has 0 radical (unpaired) electrons. The minimum atomic E-state index is -0.863. The fraction of sp³-hybridized carbons (Fsp3) is 0.381. The number of carbonyl (C=O) groups excluding carboxylic acids is 1. The molecule has 2 aromatic carbocycles. The minimum absolute atomic E-state index is 0.00580. The van der Waals surface area contributed by atoms with Crippen molar-refractivity contribution in [3.63, 3.8) is 0 Å². The summed E-state index contributed by atoms with van der Waals surface area (Å²) in [5, 5.41) is 0. The highest BCUT2D eigenvalue weighted by atomic mass is 16.7. The first-order valence-electron chi connectivity index (χ1n) is 9.24. The Kier molecular flexibility index (Phi) is 3.75. The van der Waals surface area contributed by atoms with Crippen LogP contribution in [0.2, 0.25) is 0 Å². The van der Waals surface area contributed by atoms with Gasteiger partial charge in [0.25, 0.3) is 5.91 Å². The van der Waals surface area contributed by atoms with Crippen LogP contribution >= 0.6 is 0 Å². The third-order valence-electron chi connectivity index (χ3n) is 5.62. The summed E-state index contributed by atoms with van der Waals surface area (Å²) in [7, 11) is 0. The third-order valence-corrected chi connectivity index (χ3v) is 5.62. The largest absolute Gasteiger partial charge is 0.490 e. The molecule has 0 aliphatic carbocycles. The zero-order chi connectivity index (χ0) is 18.4. The molecule has 6 heteroatoms. The maximum Gasteiger partial charge on any atom is 0.261 e. The number of hydrogen-bond donors (Lipinski definition) is 0. The topological polar surface area (TPSA) is 60.5 Å². The number of nitrogens with zero attached hydrogens (tertiary/aromatic N) is 1. The number of hydrogen-bond acceptors (Lipinski definition) is 5. The second-order valence-electron chi connectivity index (χ2n) is 7.17. The molecule has 0 saturated carbocycles. The molecule has 0 spiro atoms. The number of epoxide rings is 1. The Hall–Kier alpha value is -2.73. The number of fused-ring (bicyclic) bond motifs is 2. The summed E-state index contributed by atoms with van der Waals surface area (Å²) in [4.78, 5) is 15.1. The van der Waals surface area contributed by atoms with Crippen LogP contribution in [-0.2, 0) is 9.53 Å². The summed E-state index contributed by atoms with van der Waals surface area (Å²) in [5.41, 5.74) is 0.259. The molecule has 6 nitrogen and oxygen atoms in total. The Labute approximate surface area is 157 Å². The van der Waals surface area contributed by atoms with Gasteiger partial charge in [0, 0.05) is 12.6 Å². The molecule has 0 unspecified atom stereocenters. The Balaban J connectivity index is 1.30. The Morgan fingerprint density at radius 2 is 2.00 bits per heavy atom. The van der Waals surface area contributed by atoms with Crippen LogP contribution in [0.25, 0.3) is 0 Å². The van der Waals surface area contributed by atoms with E-state index < -0.39 is 5.60 Å². The second-order valence-corrected chi connectivity index (χ2v) is 7.17. The van der Waals surface area contributed by atoms with Crippen LogP contribution in [-0.4, -0.2) is 42.5 Å². The van der Waals surface area contributed by atoms with Crippen LogP contribution < -0.4 is 14.2 Å². The van der Waals surface area contributed by atoms with E-state index in [0.29, 0.717) is 23.8 Å². The minimum Gasteiger partial charge on any atom is -0.490 e. The summed E-state index contributed by atoms with van der Waals surface area (Å²) in [6.45, 7) is 3.18. The van der Waals surface area contributed by atoms with Crippen molar-refractivity contribution in [2.24, 2.45) is 0 Å². The van der Waals surface area contributed by atoms with E-state index in [9.17, 15) is 4.79 Å². The van der Waals surface area contributed by atoms with Gasteiger partial charge in [-0.15, -0.1) is 0 Å². The number of likely N-dealkylation sites (tertiary alicyclic amines) is 1. The molecule has 5 rings (SSSR count). The van der Waals surface area contributed by atoms with Crippen molar-refractivity contribution in [3.05, 3.63) is 54.1 Å². The van der Waals surface area contributed by atoms with Crippen molar-refractivity contribution < 1.29 is 23.7 Å². The van der Waals surface area contributed by atoms with Gasteiger partial charge in [-0.1, -0.05) is 30.3 Å². The van der Waals surface area contributed by atoms with E-state index in [4.69, 9.17) is 18.9 Å². The van der Waals surface area contributed by atoms with E-state index in [2.05, 4.69) is 6.92 Å². The van der Waals surface area contributed by atoms with Crippen LogP contribution in [0.5, 0.6) is 17.2 Å². The van der Waals surface area contributed by atoms with Gasteiger partial charge in [0.1, 0.15) is 18.5 Å². The van der Waals surface area contributed by atoms with Gasteiger partial charge in [0.15, 0.2) is 11.5 Å². The van der Waals surface area contributed by atoms with Crippen molar-refractivity contribution >= 4 is 5.91 Å². The first-order chi connectivity index (χ1) is 13.2. The van der Waals surface area contributed by atoms with Crippen molar-refractivity contribution in [1.29, 1.82) is 0 Å². The zero-order valence-electron chi connectivity index (χ0n) is 15.1. The first kappa shape index (κ1) is 16.4. The predicted octanol–water partition coefficient (Wildman–Crippen LogP) is 2.93. The van der Waals surface area contributed by atoms with Gasteiger partial charge in [-0.25, -0.2) is 0 Å². The van der Waals surface area contributed by atoms with Crippen LogP contribution in [0, 0.1) is 0 Å². The average molecular weight is 367 g/mol. The third kappa shape index (κ3) is 2.72. The molecule has 3 heterocycles. The quantitative estimate of drug-likeness (QED) is 0.761. The smallest absolute Gasteiger partial charge is 0.261 e. The lowest BCUT2D eigenvalue weighted by molar-refractivity contribution is -0.141. The van der Waals surface area contributed by atoms with Crippen LogP contribution in [0.15, 0.2) is 48.5 Å². The Morgan fingerprint density at radius 1 is 1.19 bits per heavy atom. The molecule has 0 bridgehead atoms. The van der Waals surface area contributed by atoms with E-state index in [1.807, 2.05) is 47.4 Å². The molecule has 3 aliphatic heterocycles. The molecule has 2 saturated heterocycles. The molecule has 27 heavy (non-hydrogen) atoms. The maximum absolute atomic E-state index is 13.2. The molecule has 1 amide bonds. The van der Waals surface area contributed by atoms with Gasteiger partial charge >= 0.3 is 0 Å². The summed E-state index contributed by atoms with van der Waals surface area (Å²) in [6.07, 6.45) is 0.770. The zero-order valence-corrected chi connectivity index (χ0v) is 15.1. The highest BCUT2D eigenvalue weighted by Gasteiger charge is 2.67. The molecule has 140 valence electrons. The molecule has 2 aromatic rings. The molecule has 3 atom stereocenters. The molecular formula is C21H21NO5. The standard InChI is InChI=1S/C21H21NO5/c1-14(15-5-3-2-4-6-15)22-10-9-19-21(27-19,20(22)23)12-24-16-7-8-17-18(11-16)26-13-25-17/h2-8,11,14,19H,9-10,12-13H2,1H3/t14-,19-,21-/m0/s1. The maximum atomic E-state index is 13.2. The molecular weight excluding hydrogens is 346 g/mol. The van der Waals surface area contributed by atoms with E-state index in [-0.39, 0.29) is 31.5 Å². The van der Waals surface area contributed by atoms with Crippen LogP contribution in [0.3, 0.4) is 0 Å². The van der Waals surface area contributed by atoms with Crippen LogP contribution in [0.1, 0.15) is 24.9 Å². The van der Waals surface area contributed by atoms with Gasteiger partial charge < -0.3 is 23.8 Å².